The third kappa shape index (κ3) is 3.73. The molecular weight excluding hydrogens is 380 g/mol. The van der Waals surface area contributed by atoms with Crippen LogP contribution in [-0.4, -0.2) is 42.1 Å². The highest BCUT2D eigenvalue weighted by Gasteiger charge is 2.23. The number of hydrogen-bond acceptors (Lipinski definition) is 4. The third-order valence-corrected chi connectivity index (χ3v) is 6.36. The molecule has 1 aliphatic rings. The zero-order valence-corrected chi connectivity index (χ0v) is 16.9. The third-order valence-electron chi connectivity index (χ3n) is 4.76. The number of fused-ring (bicyclic) bond motifs is 1. The Bertz CT molecular complexity index is 995. The summed E-state index contributed by atoms with van der Waals surface area (Å²) >= 11 is 7.86. The van der Waals surface area contributed by atoms with E-state index in [2.05, 4.69) is 36.2 Å². The molecule has 1 saturated heterocycles. The van der Waals surface area contributed by atoms with Gasteiger partial charge in [-0.1, -0.05) is 41.1 Å². The summed E-state index contributed by atoms with van der Waals surface area (Å²) in [6, 6.07) is 11.5. The van der Waals surface area contributed by atoms with Gasteiger partial charge in [0.05, 0.1) is 20.9 Å². The number of aromatic nitrogens is 1. The molecule has 5 nitrogen and oxygen atoms in total. The van der Waals surface area contributed by atoms with Crippen LogP contribution in [-0.2, 0) is 0 Å². The monoisotopic (exact) mass is 400 g/mol. The fraction of sp³-hybridized carbons (Fsp3) is 0.300. The molecule has 1 aromatic heterocycles. The number of para-hydroxylation sites is 1. The Hall–Kier alpha value is -2.31. The van der Waals surface area contributed by atoms with Gasteiger partial charge in [-0.3, -0.25) is 0 Å². The lowest BCUT2D eigenvalue weighted by atomic mass is 10.1. The summed E-state index contributed by atoms with van der Waals surface area (Å²) in [6.45, 7) is 7.09. The number of thiazole rings is 1. The van der Waals surface area contributed by atoms with Crippen molar-refractivity contribution in [2.75, 3.05) is 36.4 Å². The fourth-order valence-electron chi connectivity index (χ4n) is 3.36. The topological polar surface area (TPSA) is 48.5 Å². The number of nitrogens with one attached hydrogen (secondary N) is 1. The molecule has 2 heterocycles. The van der Waals surface area contributed by atoms with Gasteiger partial charge in [0.25, 0.3) is 0 Å². The zero-order chi connectivity index (χ0) is 19.0. The first-order valence-electron chi connectivity index (χ1n) is 8.94. The number of nitrogens with zero attached hydrogens (tertiary/aromatic N) is 3. The van der Waals surface area contributed by atoms with Gasteiger partial charge in [-0.15, -0.1) is 0 Å². The minimum Gasteiger partial charge on any atom is -0.345 e. The summed E-state index contributed by atoms with van der Waals surface area (Å²) in [5.74, 6) is 0. The summed E-state index contributed by atoms with van der Waals surface area (Å²) < 4.78 is 1.24. The van der Waals surface area contributed by atoms with Crippen LogP contribution in [0.3, 0.4) is 0 Å². The first kappa shape index (κ1) is 18.1. The van der Waals surface area contributed by atoms with Crippen molar-refractivity contribution in [3.05, 3.63) is 52.5 Å². The van der Waals surface area contributed by atoms with Gasteiger partial charge in [0.2, 0.25) is 0 Å². The van der Waals surface area contributed by atoms with Gasteiger partial charge in [0.15, 0.2) is 5.13 Å². The molecule has 140 valence electrons. The molecule has 0 aliphatic carbocycles. The molecule has 1 N–H and O–H groups in total. The Labute approximate surface area is 167 Å². The lowest BCUT2D eigenvalue weighted by Crippen LogP contribution is -2.50. The van der Waals surface area contributed by atoms with Crippen molar-refractivity contribution in [2.24, 2.45) is 0 Å². The van der Waals surface area contributed by atoms with Gasteiger partial charge in [0, 0.05) is 26.2 Å². The molecule has 3 aromatic rings. The van der Waals surface area contributed by atoms with Crippen LogP contribution in [0.4, 0.5) is 15.6 Å². The molecule has 0 radical (unpaired) electrons. The summed E-state index contributed by atoms with van der Waals surface area (Å²) in [5.41, 5.74) is 4.21. The second kappa shape index (κ2) is 7.37. The SMILES string of the molecule is Cc1cc(C)c2sc(N3CCN(C(=O)Nc4ccccc4Cl)CC3)nc2c1. The molecule has 1 fully saturated rings. The molecule has 2 amide bonds. The van der Waals surface area contributed by atoms with Gasteiger partial charge in [0.1, 0.15) is 0 Å². The maximum Gasteiger partial charge on any atom is 0.322 e. The van der Waals surface area contributed by atoms with E-state index in [0.29, 0.717) is 23.8 Å². The van der Waals surface area contributed by atoms with E-state index < -0.39 is 0 Å². The highest BCUT2D eigenvalue weighted by Crippen LogP contribution is 2.32. The van der Waals surface area contributed by atoms with Crippen LogP contribution in [0.15, 0.2) is 36.4 Å². The lowest BCUT2D eigenvalue weighted by Gasteiger charge is -2.34. The van der Waals surface area contributed by atoms with Crippen LogP contribution < -0.4 is 10.2 Å². The highest BCUT2D eigenvalue weighted by atomic mass is 35.5. The van der Waals surface area contributed by atoms with E-state index in [-0.39, 0.29) is 6.03 Å². The van der Waals surface area contributed by atoms with Gasteiger partial charge in [-0.2, -0.15) is 0 Å². The minimum absolute atomic E-state index is 0.112. The van der Waals surface area contributed by atoms with E-state index in [0.717, 1.165) is 23.7 Å². The van der Waals surface area contributed by atoms with E-state index in [1.807, 2.05) is 23.1 Å². The number of anilines is 2. The van der Waals surface area contributed by atoms with Crippen molar-refractivity contribution in [1.82, 2.24) is 9.88 Å². The van der Waals surface area contributed by atoms with Gasteiger partial charge in [-0.25, -0.2) is 9.78 Å². The number of carbonyl (C=O) groups is 1. The number of urea groups is 1. The van der Waals surface area contributed by atoms with Crippen molar-refractivity contribution in [3.63, 3.8) is 0 Å². The van der Waals surface area contributed by atoms with E-state index >= 15 is 0 Å². The molecule has 0 atom stereocenters. The Morgan fingerprint density at radius 2 is 1.89 bits per heavy atom. The van der Waals surface area contributed by atoms with Crippen LogP contribution in [0, 0.1) is 13.8 Å². The van der Waals surface area contributed by atoms with Crippen LogP contribution in [0.2, 0.25) is 5.02 Å². The highest BCUT2D eigenvalue weighted by molar-refractivity contribution is 7.22. The molecule has 7 heteroatoms. The smallest absolute Gasteiger partial charge is 0.322 e. The van der Waals surface area contributed by atoms with Gasteiger partial charge in [-0.05, 0) is 43.2 Å². The second-order valence-electron chi connectivity index (χ2n) is 6.81. The molecule has 0 spiro atoms. The van der Waals surface area contributed by atoms with E-state index in [4.69, 9.17) is 16.6 Å². The molecule has 0 unspecified atom stereocenters. The number of hydrogen-bond donors (Lipinski definition) is 1. The predicted octanol–water partition coefficient (Wildman–Crippen LogP) is 4.92. The predicted molar refractivity (Wildman–Crippen MR) is 113 cm³/mol. The molecule has 27 heavy (non-hydrogen) atoms. The first-order valence-corrected chi connectivity index (χ1v) is 10.1. The Morgan fingerprint density at radius 3 is 2.63 bits per heavy atom. The van der Waals surface area contributed by atoms with Crippen LogP contribution >= 0.6 is 22.9 Å². The maximum atomic E-state index is 12.5. The van der Waals surface area contributed by atoms with E-state index in [1.54, 1.807) is 17.4 Å². The van der Waals surface area contributed by atoms with Crippen molar-refractivity contribution in [2.45, 2.75) is 13.8 Å². The largest absolute Gasteiger partial charge is 0.345 e. The summed E-state index contributed by atoms with van der Waals surface area (Å²) in [7, 11) is 0. The molecule has 2 aromatic carbocycles. The van der Waals surface area contributed by atoms with Gasteiger partial charge < -0.3 is 15.1 Å². The van der Waals surface area contributed by atoms with Crippen molar-refractivity contribution in [3.8, 4) is 0 Å². The van der Waals surface area contributed by atoms with Crippen LogP contribution in [0.1, 0.15) is 11.1 Å². The minimum atomic E-state index is -0.112. The van der Waals surface area contributed by atoms with Crippen molar-refractivity contribution in [1.29, 1.82) is 0 Å². The quantitative estimate of drug-likeness (QED) is 0.664. The summed E-state index contributed by atoms with van der Waals surface area (Å²) in [5, 5.41) is 4.47. The van der Waals surface area contributed by atoms with Crippen molar-refractivity contribution >= 4 is 50.0 Å². The average molecular weight is 401 g/mol. The van der Waals surface area contributed by atoms with E-state index in [1.165, 1.54) is 15.8 Å². The number of amides is 2. The zero-order valence-electron chi connectivity index (χ0n) is 15.3. The number of piperazine rings is 1. The number of halogens is 1. The molecule has 4 rings (SSSR count). The normalized spacial score (nSPS) is 14.6. The molecular formula is C20H21ClN4OS. The lowest BCUT2D eigenvalue weighted by molar-refractivity contribution is 0.208. The molecule has 0 saturated carbocycles. The van der Waals surface area contributed by atoms with Gasteiger partial charge >= 0.3 is 6.03 Å². The fourth-order valence-corrected chi connectivity index (χ4v) is 4.61. The average Bonchev–Trinajstić information content (AvgIpc) is 3.08. The molecule has 0 bridgehead atoms. The standard InChI is InChI=1S/C20H21ClN4OS/c1-13-11-14(2)18-17(12-13)23-20(27-18)25-9-7-24(8-10-25)19(26)22-16-6-4-3-5-15(16)21/h3-6,11-12H,7-10H2,1-2H3,(H,22,26). The number of benzene rings is 2. The Morgan fingerprint density at radius 1 is 1.15 bits per heavy atom. The summed E-state index contributed by atoms with van der Waals surface area (Å²) in [4.78, 5) is 21.4. The number of rotatable bonds is 2. The van der Waals surface area contributed by atoms with Crippen molar-refractivity contribution < 1.29 is 4.79 Å². The van der Waals surface area contributed by atoms with E-state index in [9.17, 15) is 4.79 Å². The number of aryl methyl sites for hydroxylation is 2. The Balaban J connectivity index is 1.42. The maximum absolute atomic E-state index is 12.5. The Kier molecular flexibility index (Phi) is 4.93. The second-order valence-corrected chi connectivity index (χ2v) is 8.20. The van der Waals surface area contributed by atoms with Crippen LogP contribution in [0.5, 0.6) is 0 Å². The number of carbonyl (C=O) groups excluding carboxylic acids is 1. The van der Waals surface area contributed by atoms with Crippen LogP contribution in [0.25, 0.3) is 10.2 Å². The first-order chi connectivity index (χ1) is 13.0. The summed E-state index contributed by atoms with van der Waals surface area (Å²) in [6.07, 6.45) is 0. The molecule has 1 aliphatic heterocycles.